The van der Waals surface area contributed by atoms with Gasteiger partial charge in [-0.05, 0) is 41.0 Å². The van der Waals surface area contributed by atoms with Crippen LogP contribution in [0.2, 0.25) is 0 Å². The minimum Gasteiger partial charge on any atom is -0.356 e. The molecule has 1 heterocycles. The number of benzene rings is 2. The van der Waals surface area contributed by atoms with Crippen molar-refractivity contribution in [3.8, 4) is 0 Å². The zero-order valence-electron chi connectivity index (χ0n) is 16.7. The number of nitrogens with zero attached hydrogens (tertiary/aromatic N) is 3. The summed E-state index contributed by atoms with van der Waals surface area (Å²) in [6.45, 7) is 2.47. The van der Waals surface area contributed by atoms with Crippen LogP contribution in [0.25, 0.3) is 0 Å². The first-order valence-electron chi connectivity index (χ1n) is 9.87. The van der Waals surface area contributed by atoms with Crippen LogP contribution in [0.4, 0.5) is 0 Å². The molecule has 1 aromatic heterocycles. The molecule has 5 nitrogen and oxygen atoms in total. The Morgan fingerprint density at radius 1 is 1.03 bits per heavy atom. The van der Waals surface area contributed by atoms with Crippen LogP contribution < -0.4 is 10.6 Å². The Kier molecular flexibility index (Phi) is 7.69. The zero-order chi connectivity index (χ0) is 19.2. The molecular weight excluding hydrogens is 473 g/mol. The van der Waals surface area contributed by atoms with Crippen LogP contribution >= 0.6 is 24.0 Å². The van der Waals surface area contributed by atoms with Gasteiger partial charge in [-0.3, -0.25) is 9.67 Å². The third-order valence-electron chi connectivity index (χ3n) is 5.36. The van der Waals surface area contributed by atoms with E-state index in [1.165, 1.54) is 23.1 Å². The second-order valence-corrected chi connectivity index (χ2v) is 7.29. The summed E-state index contributed by atoms with van der Waals surface area (Å²) in [6, 6.07) is 21.2. The second kappa shape index (κ2) is 10.4. The number of hydrogen-bond acceptors (Lipinski definition) is 2. The van der Waals surface area contributed by atoms with Crippen molar-refractivity contribution in [2.24, 2.45) is 10.9 Å². The van der Waals surface area contributed by atoms with E-state index in [4.69, 9.17) is 0 Å². The van der Waals surface area contributed by atoms with Crippen LogP contribution in [0, 0.1) is 5.92 Å². The minimum atomic E-state index is 0. The van der Waals surface area contributed by atoms with Crippen LogP contribution in [0.1, 0.15) is 29.0 Å². The van der Waals surface area contributed by atoms with E-state index in [2.05, 4.69) is 75.3 Å². The van der Waals surface area contributed by atoms with Crippen molar-refractivity contribution in [2.75, 3.05) is 13.6 Å². The average molecular weight is 501 g/mol. The number of hydrogen-bond donors (Lipinski definition) is 2. The number of halogens is 1. The van der Waals surface area contributed by atoms with Crippen molar-refractivity contribution in [1.82, 2.24) is 20.4 Å². The molecule has 2 unspecified atom stereocenters. The zero-order valence-corrected chi connectivity index (χ0v) is 19.0. The summed E-state index contributed by atoms with van der Waals surface area (Å²) in [5, 5.41) is 11.3. The van der Waals surface area contributed by atoms with Crippen LogP contribution in [0.3, 0.4) is 0 Å². The number of nitrogens with one attached hydrogen (secondary N) is 2. The van der Waals surface area contributed by atoms with Crippen molar-refractivity contribution in [1.29, 1.82) is 0 Å². The summed E-state index contributed by atoms with van der Waals surface area (Å²) in [7, 11) is 1.83. The highest BCUT2D eigenvalue weighted by atomic mass is 127. The molecule has 152 valence electrons. The molecular formula is C23H28IN5. The quantitative estimate of drug-likeness (QED) is 0.292. The van der Waals surface area contributed by atoms with Crippen LogP contribution in [0.5, 0.6) is 0 Å². The summed E-state index contributed by atoms with van der Waals surface area (Å²) >= 11 is 0. The topological polar surface area (TPSA) is 54.2 Å². The number of aromatic nitrogens is 2. The molecule has 0 saturated heterocycles. The number of rotatable bonds is 7. The molecule has 1 aliphatic carbocycles. The van der Waals surface area contributed by atoms with Gasteiger partial charge in [0.25, 0.3) is 0 Å². The lowest BCUT2D eigenvalue weighted by Gasteiger charge is -2.14. The Hall–Kier alpha value is -2.35. The molecule has 1 aliphatic rings. The Labute approximate surface area is 189 Å². The molecule has 0 bridgehead atoms. The normalized spacial score (nSPS) is 18.0. The van der Waals surface area contributed by atoms with E-state index in [0.717, 1.165) is 25.6 Å². The Bertz CT molecular complexity index is 908. The summed E-state index contributed by atoms with van der Waals surface area (Å²) in [4.78, 5) is 4.38. The van der Waals surface area contributed by atoms with E-state index >= 15 is 0 Å². The summed E-state index contributed by atoms with van der Waals surface area (Å²) in [5.74, 6) is 2.22. The van der Waals surface area contributed by atoms with E-state index < -0.39 is 0 Å². The van der Waals surface area contributed by atoms with E-state index in [1.54, 1.807) is 0 Å². The van der Waals surface area contributed by atoms with Crippen molar-refractivity contribution in [3.63, 3.8) is 0 Å². The maximum absolute atomic E-state index is 4.38. The maximum Gasteiger partial charge on any atom is 0.191 e. The minimum absolute atomic E-state index is 0. The molecule has 1 fully saturated rings. The fraction of sp³-hybridized carbons (Fsp3) is 0.304. The molecule has 1 saturated carbocycles. The maximum atomic E-state index is 4.38. The third kappa shape index (κ3) is 5.82. The van der Waals surface area contributed by atoms with Crippen LogP contribution in [-0.4, -0.2) is 29.3 Å². The van der Waals surface area contributed by atoms with E-state index in [-0.39, 0.29) is 24.0 Å². The van der Waals surface area contributed by atoms with Gasteiger partial charge in [0.15, 0.2) is 5.96 Å². The summed E-state index contributed by atoms with van der Waals surface area (Å²) < 4.78 is 1.95. The van der Waals surface area contributed by atoms with Crippen molar-refractivity contribution >= 4 is 29.9 Å². The van der Waals surface area contributed by atoms with Gasteiger partial charge in [0.05, 0.1) is 6.54 Å². The standard InChI is InChI=1S/C23H27N5.HI/c1-24-23(26-16-21-14-22(21)18-8-3-2-4-9-18)25-15-19-10-5-6-11-20(19)17-28-13-7-12-27-28;/h2-13,21-22H,14-17H2,1H3,(H2,24,25,26);1H. The first kappa shape index (κ1) is 21.4. The second-order valence-electron chi connectivity index (χ2n) is 7.29. The van der Waals surface area contributed by atoms with Crippen molar-refractivity contribution in [3.05, 3.63) is 89.7 Å². The van der Waals surface area contributed by atoms with E-state index in [9.17, 15) is 0 Å². The molecule has 3 aromatic rings. The fourth-order valence-corrected chi connectivity index (χ4v) is 3.66. The van der Waals surface area contributed by atoms with Crippen molar-refractivity contribution in [2.45, 2.75) is 25.4 Å². The van der Waals surface area contributed by atoms with Gasteiger partial charge in [-0.25, -0.2) is 0 Å². The lowest BCUT2D eigenvalue weighted by Crippen LogP contribution is -2.38. The van der Waals surface area contributed by atoms with Gasteiger partial charge in [0.1, 0.15) is 0 Å². The fourth-order valence-electron chi connectivity index (χ4n) is 3.66. The van der Waals surface area contributed by atoms with Gasteiger partial charge in [-0.15, -0.1) is 24.0 Å². The predicted octanol–water partition coefficient (Wildman–Crippen LogP) is 4.02. The smallest absolute Gasteiger partial charge is 0.191 e. The van der Waals surface area contributed by atoms with E-state index in [1.807, 2.05) is 30.2 Å². The molecule has 0 amide bonds. The lowest BCUT2D eigenvalue weighted by atomic mass is 10.1. The Morgan fingerprint density at radius 3 is 2.52 bits per heavy atom. The molecule has 6 heteroatoms. The van der Waals surface area contributed by atoms with Crippen LogP contribution in [-0.2, 0) is 13.1 Å². The van der Waals surface area contributed by atoms with Crippen molar-refractivity contribution < 1.29 is 0 Å². The predicted molar refractivity (Wildman–Crippen MR) is 129 cm³/mol. The third-order valence-corrected chi connectivity index (χ3v) is 5.36. The van der Waals surface area contributed by atoms with Gasteiger partial charge in [-0.2, -0.15) is 5.10 Å². The number of guanidine groups is 1. The monoisotopic (exact) mass is 501 g/mol. The molecule has 0 aliphatic heterocycles. The first-order valence-corrected chi connectivity index (χ1v) is 9.87. The summed E-state index contributed by atoms with van der Waals surface area (Å²) in [6.07, 6.45) is 5.05. The molecule has 29 heavy (non-hydrogen) atoms. The molecule has 0 spiro atoms. The average Bonchev–Trinajstić information content (AvgIpc) is 3.34. The Balaban J connectivity index is 0.00000240. The summed E-state index contributed by atoms with van der Waals surface area (Å²) in [5.41, 5.74) is 3.97. The van der Waals surface area contributed by atoms with Gasteiger partial charge in [0, 0.05) is 32.5 Å². The number of aliphatic imine (C=N–C) groups is 1. The van der Waals surface area contributed by atoms with E-state index in [0.29, 0.717) is 11.8 Å². The highest BCUT2D eigenvalue weighted by molar-refractivity contribution is 14.0. The van der Waals surface area contributed by atoms with Gasteiger partial charge in [0.2, 0.25) is 0 Å². The largest absolute Gasteiger partial charge is 0.356 e. The van der Waals surface area contributed by atoms with Gasteiger partial charge >= 0.3 is 0 Å². The van der Waals surface area contributed by atoms with Gasteiger partial charge in [-0.1, -0.05) is 54.6 Å². The van der Waals surface area contributed by atoms with Crippen LogP contribution in [0.15, 0.2) is 78.0 Å². The molecule has 0 radical (unpaired) electrons. The highest BCUT2D eigenvalue weighted by Crippen LogP contribution is 2.46. The Morgan fingerprint density at radius 2 is 1.79 bits per heavy atom. The molecule has 2 N–H and O–H groups in total. The van der Waals surface area contributed by atoms with Gasteiger partial charge < -0.3 is 10.6 Å². The highest BCUT2D eigenvalue weighted by Gasteiger charge is 2.37. The first-order chi connectivity index (χ1) is 13.8. The SMILES string of the molecule is CN=C(NCc1ccccc1Cn1cccn1)NCC1CC1c1ccccc1.I. The molecule has 2 atom stereocenters. The molecule has 2 aromatic carbocycles. The molecule has 4 rings (SSSR count). The lowest BCUT2D eigenvalue weighted by molar-refractivity contribution is 0.676.